The topological polar surface area (TPSA) is 75.3 Å². The molecule has 94 valence electrons. The van der Waals surface area contributed by atoms with Crippen LogP contribution in [0.1, 0.15) is 29.6 Å². The average Bonchev–Trinajstić information content (AvgIpc) is 2.32. The summed E-state index contributed by atoms with van der Waals surface area (Å²) in [6, 6.07) is 4.30. The van der Waals surface area contributed by atoms with E-state index in [9.17, 15) is 9.90 Å². The molecular formula is C12H17ClN2O2. The van der Waals surface area contributed by atoms with Gasteiger partial charge in [-0.05, 0) is 37.6 Å². The van der Waals surface area contributed by atoms with Gasteiger partial charge < -0.3 is 16.2 Å². The van der Waals surface area contributed by atoms with Crippen molar-refractivity contribution in [3.05, 3.63) is 28.8 Å². The third-order valence-corrected chi connectivity index (χ3v) is 2.69. The van der Waals surface area contributed by atoms with E-state index >= 15 is 0 Å². The van der Waals surface area contributed by atoms with Gasteiger partial charge in [-0.3, -0.25) is 4.79 Å². The standard InChI is InChI=1S/C12H17ClN2O2/c13-11-5-4-9(16)8-10(11)12(17)15-7-3-1-2-6-14/h4-5,8,16H,1-3,6-7,14H2,(H,15,17). The summed E-state index contributed by atoms with van der Waals surface area (Å²) in [6.45, 7) is 1.26. The molecule has 0 radical (unpaired) electrons. The van der Waals surface area contributed by atoms with Gasteiger partial charge in [0.1, 0.15) is 5.75 Å². The van der Waals surface area contributed by atoms with Crippen LogP contribution >= 0.6 is 11.6 Å². The molecule has 0 atom stereocenters. The summed E-state index contributed by atoms with van der Waals surface area (Å²) in [4.78, 5) is 11.7. The summed E-state index contributed by atoms with van der Waals surface area (Å²) in [5, 5.41) is 12.4. The largest absolute Gasteiger partial charge is 0.508 e. The number of aromatic hydroxyl groups is 1. The van der Waals surface area contributed by atoms with Crippen LogP contribution in [0.15, 0.2) is 18.2 Å². The van der Waals surface area contributed by atoms with Crippen molar-refractivity contribution in [2.24, 2.45) is 5.73 Å². The van der Waals surface area contributed by atoms with Crippen molar-refractivity contribution in [3.8, 4) is 5.75 Å². The zero-order chi connectivity index (χ0) is 12.7. The second-order valence-corrected chi connectivity index (χ2v) is 4.18. The van der Waals surface area contributed by atoms with Crippen molar-refractivity contribution in [2.75, 3.05) is 13.1 Å². The fourth-order valence-electron chi connectivity index (χ4n) is 1.43. The summed E-state index contributed by atoms with van der Waals surface area (Å²) in [7, 11) is 0. The Balaban J connectivity index is 2.44. The third kappa shape index (κ3) is 4.63. The number of nitrogens with one attached hydrogen (secondary N) is 1. The summed E-state index contributed by atoms with van der Waals surface area (Å²) < 4.78 is 0. The minimum Gasteiger partial charge on any atom is -0.508 e. The lowest BCUT2D eigenvalue weighted by Crippen LogP contribution is -2.24. The van der Waals surface area contributed by atoms with E-state index in [1.165, 1.54) is 18.2 Å². The van der Waals surface area contributed by atoms with Gasteiger partial charge in [-0.1, -0.05) is 18.0 Å². The van der Waals surface area contributed by atoms with Gasteiger partial charge in [0, 0.05) is 6.54 Å². The second-order valence-electron chi connectivity index (χ2n) is 3.77. The predicted octanol–water partition coefficient (Wildman–Crippen LogP) is 1.90. The molecule has 0 spiro atoms. The zero-order valence-electron chi connectivity index (χ0n) is 9.58. The first-order valence-corrected chi connectivity index (χ1v) is 5.99. The summed E-state index contributed by atoms with van der Waals surface area (Å²) in [5.41, 5.74) is 5.66. The van der Waals surface area contributed by atoms with Gasteiger partial charge in [-0.15, -0.1) is 0 Å². The van der Waals surface area contributed by atoms with Crippen LogP contribution in [-0.4, -0.2) is 24.1 Å². The zero-order valence-corrected chi connectivity index (χ0v) is 10.3. The highest BCUT2D eigenvalue weighted by atomic mass is 35.5. The van der Waals surface area contributed by atoms with Crippen LogP contribution in [0.4, 0.5) is 0 Å². The number of halogens is 1. The Morgan fingerprint density at radius 3 is 2.82 bits per heavy atom. The van der Waals surface area contributed by atoms with Crippen LogP contribution in [0.5, 0.6) is 5.75 Å². The number of amides is 1. The molecule has 1 rings (SSSR count). The molecule has 4 N–H and O–H groups in total. The second kappa shape index (κ2) is 7.14. The van der Waals surface area contributed by atoms with E-state index in [0.717, 1.165) is 19.3 Å². The highest BCUT2D eigenvalue weighted by molar-refractivity contribution is 6.33. The molecule has 0 fully saturated rings. The predicted molar refractivity (Wildman–Crippen MR) is 68.4 cm³/mol. The lowest BCUT2D eigenvalue weighted by Gasteiger charge is -2.06. The van der Waals surface area contributed by atoms with Crippen LogP contribution in [-0.2, 0) is 0 Å². The Morgan fingerprint density at radius 1 is 1.35 bits per heavy atom. The first kappa shape index (κ1) is 13.8. The molecule has 0 aromatic heterocycles. The van der Waals surface area contributed by atoms with Gasteiger partial charge in [0.05, 0.1) is 10.6 Å². The highest BCUT2D eigenvalue weighted by Crippen LogP contribution is 2.20. The highest BCUT2D eigenvalue weighted by Gasteiger charge is 2.10. The normalized spacial score (nSPS) is 10.2. The van der Waals surface area contributed by atoms with E-state index in [1.54, 1.807) is 0 Å². The van der Waals surface area contributed by atoms with Crippen molar-refractivity contribution in [1.29, 1.82) is 0 Å². The monoisotopic (exact) mass is 256 g/mol. The Hall–Kier alpha value is -1.26. The van der Waals surface area contributed by atoms with E-state index in [0.29, 0.717) is 23.7 Å². The Labute approximate surface area is 106 Å². The minimum atomic E-state index is -0.265. The average molecular weight is 257 g/mol. The number of phenolic OH excluding ortho intramolecular Hbond substituents is 1. The molecule has 4 nitrogen and oxygen atoms in total. The van der Waals surface area contributed by atoms with Gasteiger partial charge in [0.2, 0.25) is 0 Å². The molecule has 1 amide bonds. The summed E-state index contributed by atoms with van der Waals surface area (Å²) in [6.07, 6.45) is 2.84. The van der Waals surface area contributed by atoms with Crippen molar-refractivity contribution >= 4 is 17.5 Å². The van der Waals surface area contributed by atoms with Crippen molar-refractivity contribution in [3.63, 3.8) is 0 Å². The Morgan fingerprint density at radius 2 is 2.12 bits per heavy atom. The SMILES string of the molecule is NCCCCCNC(=O)c1cc(O)ccc1Cl. The van der Waals surface area contributed by atoms with Gasteiger partial charge in [-0.2, -0.15) is 0 Å². The third-order valence-electron chi connectivity index (χ3n) is 2.36. The number of unbranched alkanes of at least 4 members (excludes halogenated alkanes) is 2. The lowest BCUT2D eigenvalue weighted by atomic mass is 10.2. The molecule has 1 aromatic rings. The maximum Gasteiger partial charge on any atom is 0.252 e. The molecule has 0 saturated heterocycles. The maximum atomic E-state index is 11.7. The summed E-state index contributed by atoms with van der Waals surface area (Å²) >= 11 is 5.87. The number of nitrogens with two attached hydrogens (primary N) is 1. The van der Waals surface area contributed by atoms with Crippen molar-refractivity contribution in [2.45, 2.75) is 19.3 Å². The van der Waals surface area contributed by atoms with E-state index in [-0.39, 0.29) is 11.7 Å². The van der Waals surface area contributed by atoms with Crippen LogP contribution in [0.2, 0.25) is 5.02 Å². The fraction of sp³-hybridized carbons (Fsp3) is 0.417. The molecule has 0 bridgehead atoms. The molecule has 0 aliphatic heterocycles. The molecule has 1 aromatic carbocycles. The molecule has 0 aliphatic rings. The van der Waals surface area contributed by atoms with Crippen LogP contribution in [0.25, 0.3) is 0 Å². The number of carbonyl (C=O) groups is 1. The molecule has 17 heavy (non-hydrogen) atoms. The molecule has 0 unspecified atom stereocenters. The molecule has 0 saturated carbocycles. The Bertz CT molecular complexity index is 383. The first-order chi connectivity index (χ1) is 8.15. The number of rotatable bonds is 6. The van der Waals surface area contributed by atoms with Gasteiger partial charge >= 0.3 is 0 Å². The molecule has 0 heterocycles. The maximum absolute atomic E-state index is 11.7. The van der Waals surface area contributed by atoms with E-state index in [1.807, 2.05) is 0 Å². The number of hydrogen-bond acceptors (Lipinski definition) is 3. The minimum absolute atomic E-state index is 0.0303. The van der Waals surface area contributed by atoms with E-state index in [4.69, 9.17) is 17.3 Å². The van der Waals surface area contributed by atoms with Crippen molar-refractivity contribution in [1.82, 2.24) is 5.32 Å². The number of hydrogen-bond donors (Lipinski definition) is 3. The van der Waals surface area contributed by atoms with Gasteiger partial charge in [0.15, 0.2) is 0 Å². The van der Waals surface area contributed by atoms with Gasteiger partial charge in [-0.25, -0.2) is 0 Å². The van der Waals surface area contributed by atoms with Crippen LogP contribution in [0, 0.1) is 0 Å². The molecular weight excluding hydrogens is 240 g/mol. The first-order valence-electron chi connectivity index (χ1n) is 5.62. The van der Waals surface area contributed by atoms with Crippen LogP contribution < -0.4 is 11.1 Å². The van der Waals surface area contributed by atoms with Crippen LogP contribution in [0.3, 0.4) is 0 Å². The molecule has 5 heteroatoms. The fourth-order valence-corrected chi connectivity index (χ4v) is 1.63. The van der Waals surface area contributed by atoms with E-state index < -0.39 is 0 Å². The van der Waals surface area contributed by atoms with Gasteiger partial charge in [0.25, 0.3) is 5.91 Å². The van der Waals surface area contributed by atoms with E-state index in [2.05, 4.69) is 5.32 Å². The van der Waals surface area contributed by atoms with Crippen molar-refractivity contribution < 1.29 is 9.90 Å². The number of phenols is 1. The number of carbonyl (C=O) groups excluding carboxylic acids is 1. The molecule has 0 aliphatic carbocycles. The quantitative estimate of drug-likeness (QED) is 0.681. The lowest BCUT2D eigenvalue weighted by molar-refractivity contribution is 0.0952. The Kier molecular flexibility index (Phi) is 5.80. The smallest absolute Gasteiger partial charge is 0.252 e. The summed E-state index contributed by atoms with van der Waals surface area (Å²) in [5.74, 6) is -0.235. The number of benzene rings is 1.